The molecule has 3 atom stereocenters. The van der Waals surface area contributed by atoms with Crippen molar-refractivity contribution in [2.45, 2.75) is 26.4 Å². The van der Waals surface area contributed by atoms with Gasteiger partial charge in [0.15, 0.2) is 0 Å². The number of nitrogens with zero attached hydrogens (tertiary/aromatic N) is 1. The number of ether oxygens (including phenoxy) is 2. The van der Waals surface area contributed by atoms with E-state index in [9.17, 15) is 5.11 Å². The van der Waals surface area contributed by atoms with Gasteiger partial charge in [0.05, 0.1) is 7.11 Å². The molecule has 0 saturated carbocycles. The van der Waals surface area contributed by atoms with E-state index < -0.39 is 6.10 Å². The van der Waals surface area contributed by atoms with Gasteiger partial charge < -0.3 is 19.5 Å². The van der Waals surface area contributed by atoms with Crippen LogP contribution in [0, 0.1) is 11.8 Å². The molecule has 1 aliphatic rings. The van der Waals surface area contributed by atoms with Crippen LogP contribution in [0.25, 0.3) is 0 Å². The molecule has 118 valence electrons. The quantitative estimate of drug-likeness (QED) is 0.874. The summed E-state index contributed by atoms with van der Waals surface area (Å²) in [6.07, 6.45) is 0.820. The Morgan fingerprint density at radius 3 is 2.57 bits per heavy atom. The standard InChI is InChI=1S/C17H27NO3/c1-13-7-14(2)10-18(9-13)11-15(19)12-21-17-6-4-5-16(8-17)20-3/h4-6,8,13-15,19H,7,9-12H2,1-3H3/t13-,14+,15-/m0/s1. The molecule has 1 heterocycles. The number of hydrogen-bond donors (Lipinski definition) is 1. The first-order valence-electron chi connectivity index (χ1n) is 7.74. The van der Waals surface area contributed by atoms with Crippen molar-refractivity contribution >= 4 is 0 Å². The van der Waals surface area contributed by atoms with E-state index in [-0.39, 0.29) is 0 Å². The minimum Gasteiger partial charge on any atom is -0.497 e. The van der Waals surface area contributed by atoms with E-state index in [0.717, 1.165) is 24.6 Å². The molecule has 0 aliphatic carbocycles. The van der Waals surface area contributed by atoms with E-state index in [1.165, 1.54) is 6.42 Å². The summed E-state index contributed by atoms with van der Waals surface area (Å²) in [6.45, 7) is 7.69. The number of benzene rings is 1. The lowest BCUT2D eigenvalue weighted by Gasteiger charge is -2.35. The number of piperidine rings is 1. The second kappa shape index (κ2) is 7.66. The van der Waals surface area contributed by atoms with E-state index in [1.807, 2.05) is 24.3 Å². The number of aliphatic hydroxyl groups is 1. The molecule has 0 unspecified atom stereocenters. The molecular weight excluding hydrogens is 266 g/mol. The first-order chi connectivity index (χ1) is 10.1. The lowest BCUT2D eigenvalue weighted by molar-refractivity contribution is 0.0428. The SMILES string of the molecule is COc1cccc(OC[C@@H](O)CN2C[C@H](C)C[C@H](C)C2)c1. The van der Waals surface area contributed by atoms with Crippen molar-refractivity contribution < 1.29 is 14.6 Å². The predicted molar refractivity (Wildman–Crippen MR) is 83.9 cm³/mol. The van der Waals surface area contributed by atoms with Crippen molar-refractivity contribution in [3.05, 3.63) is 24.3 Å². The van der Waals surface area contributed by atoms with Gasteiger partial charge in [-0.1, -0.05) is 19.9 Å². The first-order valence-corrected chi connectivity index (χ1v) is 7.74. The van der Waals surface area contributed by atoms with Crippen LogP contribution in [-0.4, -0.2) is 49.5 Å². The van der Waals surface area contributed by atoms with Gasteiger partial charge in [-0.3, -0.25) is 0 Å². The Kier molecular flexibility index (Phi) is 5.88. The third-order valence-corrected chi connectivity index (χ3v) is 3.90. The van der Waals surface area contributed by atoms with Crippen LogP contribution in [0.5, 0.6) is 11.5 Å². The lowest BCUT2D eigenvalue weighted by Crippen LogP contribution is -2.43. The number of β-amino-alcohol motifs (C(OH)–C–C–N with tert-alkyl or cyclic N) is 1. The zero-order valence-electron chi connectivity index (χ0n) is 13.3. The largest absolute Gasteiger partial charge is 0.497 e. The van der Waals surface area contributed by atoms with Crippen LogP contribution in [0.4, 0.5) is 0 Å². The maximum atomic E-state index is 10.2. The van der Waals surface area contributed by atoms with Crippen LogP contribution in [-0.2, 0) is 0 Å². The molecule has 1 aliphatic heterocycles. The average Bonchev–Trinajstić information content (AvgIpc) is 2.44. The molecule has 1 N–H and O–H groups in total. The van der Waals surface area contributed by atoms with Crippen molar-refractivity contribution in [3.8, 4) is 11.5 Å². The Hall–Kier alpha value is -1.26. The monoisotopic (exact) mass is 293 g/mol. The zero-order chi connectivity index (χ0) is 15.2. The van der Waals surface area contributed by atoms with Crippen molar-refractivity contribution in [3.63, 3.8) is 0 Å². The van der Waals surface area contributed by atoms with Gasteiger partial charge in [-0.05, 0) is 30.4 Å². The number of methoxy groups -OCH3 is 1. The van der Waals surface area contributed by atoms with Gasteiger partial charge in [-0.15, -0.1) is 0 Å². The van der Waals surface area contributed by atoms with E-state index in [1.54, 1.807) is 7.11 Å². The molecule has 0 spiro atoms. The molecule has 2 rings (SSSR count). The van der Waals surface area contributed by atoms with Crippen molar-refractivity contribution in [1.82, 2.24) is 4.90 Å². The van der Waals surface area contributed by atoms with E-state index in [2.05, 4.69) is 18.7 Å². The average molecular weight is 293 g/mol. The normalized spacial score (nSPS) is 24.6. The zero-order valence-corrected chi connectivity index (χ0v) is 13.3. The summed E-state index contributed by atoms with van der Waals surface area (Å²) in [5, 5.41) is 10.2. The van der Waals surface area contributed by atoms with Crippen molar-refractivity contribution in [2.75, 3.05) is 33.4 Å². The summed E-state index contributed by atoms with van der Waals surface area (Å²) >= 11 is 0. The minimum atomic E-state index is -0.464. The summed E-state index contributed by atoms with van der Waals surface area (Å²) in [5.41, 5.74) is 0. The van der Waals surface area contributed by atoms with Crippen LogP contribution in [0.15, 0.2) is 24.3 Å². The van der Waals surface area contributed by atoms with Crippen molar-refractivity contribution in [2.24, 2.45) is 11.8 Å². The summed E-state index contributed by atoms with van der Waals surface area (Å²) in [7, 11) is 1.63. The molecule has 4 heteroatoms. The summed E-state index contributed by atoms with van der Waals surface area (Å²) in [5.74, 6) is 2.91. The Balaban J connectivity index is 1.77. The van der Waals surface area contributed by atoms with Gasteiger partial charge in [0, 0.05) is 25.7 Å². The van der Waals surface area contributed by atoms with E-state index in [4.69, 9.17) is 9.47 Å². The molecular formula is C17H27NO3. The third-order valence-electron chi connectivity index (χ3n) is 3.90. The van der Waals surface area contributed by atoms with Gasteiger partial charge in [0.25, 0.3) is 0 Å². The summed E-state index contributed by atoms with van der Waals surface area (Å²) in [4.78, 5) is 2.35. The van der Waals surface area contributed by atoms with Gasteiger partial charge in [-0.2, -0.15) is 0 Å². The number of aliphatic hydroxyl groups excluding tert-OH is 1. The highest BCUT2D eigenvalue weighted by molar-refractivity contribution is 5.32. The van der Waals surface area contributed by atoms with Gasteiger partial charge in [0.2, 0.25) is 0 Å². The van der Waals surface area contributed by atoms with Crippen molar-refractivity contribution in [1.29, 1.82) is 0 Å². The van der Waals surface area contributed by atoms with E-state index in [0.29, 0.717) is 25.0 Å². The number of hydrogen-bond acceptors (Lipinski definition) is 4. The smallest absolute Gasteiger partial charge is 0.123 e. The van der Waals surface area contributed by atoms with Crippen LogP contribution in [0.3, 0.4) is 0 Å². The molecule has 1 aromatic carbocycles. The molecule has 0 radical (unpaired) electrons. The Bertz CT molecular complexity index is 428. The molecule has 4 nitrogen and oxygen atoms in total. The summed E-state index contributed by atoms with van der Waals surface area (Å²) in [6, 6.07) is 7.46. The highest BCUT2D eigenvalue weighted by Crippen LogP contribution is 2.21. The topological polar surface area (TPSA) is 41.9 Å². The molecule has 1 aromatic rings. The fourth-order valence-corrected chi connectivity index (χ4v) is 3.18. The van der Waals surface area contributed by atoms with Gasteiger partial charge in [0.1, 0.15) is 24.2 Å². The maximum Gasteiger partial charge on any atom is 0.123 e. The molecule has 1 saturated heterocycles. The number of likely N-dealkylation sites (tertiary alicyclic amines) is 1. The molecule has 0 amide bonds. The molecule has 0 aromatic heterocycles. The number of rotatable bonds is 6. The van der Waals surface area contributed by atoms with Crippen LogP contribution >= 0.6 is 0 Å². The Morgan fingerprint density at radius 2 is 1.90 bits per heavy atom. The molecule has 1 fully saturated rings. The second-order valence-electron chi connectivity index (χ2n) is 6.31. The highest BCUT2D eigenvalue weighted by Gasteiger charge is 2.23. The Morgan fingerprint density at radius 1 is 1.24 bits per heavy atom. The van der Waals surface area contributed by atoms with Crippen LogP contribution < -0.4 is 9.47 Å². The molecule has 21 heavy (non-hydrogen) atoms. The lowest BCUT2D eigenvalue weighted by atomic mass is 9.92. The summed E-state index contributed by atoms with van der Waals surface area (Å²) < 4.78 is 10.8. The fraction of sp³-hybridized carbons (Fsp3) is 0.647. The van der Waals surface area contributed by atoms with Gasteiger partial charge in [-0.25, -0.2) is 0 Å². The molecule has 0 bridgehead atoms. The van der Waals surface area contributed by atoms with E-state index >= 15 is 0 Å². The van der Waals surface area contributed by atoms with Crippen LogP contribution in [0.1, 0.15) is 20.3 Å². The maximum absolute atomic E-state index is 10.2. The minimum absolute atomic E-state index is 0.312. The Labute approximate surface area is 127 Å². The third kappa shape index (κ3) is 5.21. The van der Waals surface area contributed by atoms with Crippen LogP contribution in [0.2, 0.25) is 0 Å². The first kappa shape index (κ1) is 16.1. The second-order valence-corrected chi connectivity index (χ2v) is 6.31. The fourth-order valence-electron chi connectivity index (χ4n) is 3.18. The van der Waals surface area contributed by atoms with Gasteiger partial charge >= 0.3 is 0 Å². The predicted octanol–water partition coefficient (Wildman–Crippen LogP) is 2.41. The highest BCUT2D eigenvalue weighted by atomic mass is 16.5.